The molecule has 4 aromatic rings. The Hall–Kier alpha value is -4.03. The van der Waals surface area contributed by atoms with Gasteiger partial charge in [-0.1, -0.05) is 35.9 Å². The normalized spacial score (nSPS) is 16.7. The molecule has 0 saturated carbocycles. The van der Waals surface area contributed by atoms with Crippen LogP contribution in [0.2, 0.25) is 5.02 Å². The van der Waals surface area contributed by atoms with Crippen molar-refractivity contribution < 1.29 is 23.1 Å². The molecule has 1 aliphatic heterocycles. The second kappa shape index (κ2) is 11.2. The van der Waals surface area contributed by atoms with Gasteiger partial charge in [0, 0.05) is 22.7 Å². The molecule has 7 heteroatoms. The molecule has 0 N–H and O–H groups in total. The maximum Gasteiger partial charge on any atom is 0.233 e. The first-order chi connectivity index (χ1) is 18.4. The summed E-state index contributed by atoms with van der Waals surface area (Å²) in [6, 6.07) is 25.8. The minimum absolute atomic E-state index is 0.128. The molecule has 0 spiro atoms. The number of ketones is 1. The summed E-state index contributed by atoms with van der Waals surface area (Å²) >= 11 is 5.94. The fraction of sp³-hybridized carbons (Fsp3) is 0.161. The molecule has 5 rings (SSSR count). The van der Waals surface area contributed by atoms with Gasteiger partial charge in [-0.3, -0.25) is 9.59 Å². The third-order valence-corrected chi connectivity index (χ3v) is 6.96. The average molecular weight is 532 g/mol. The quantitative estimate of drug-likeness (QED) is 0.165. The van der Waals surface area contributed by atoms with Crippen molar-refractivity contribution in [1.82, 2.24) is 0 Å². The maximum atomic E-state index is 13.5. The van der Waals surface area contributed by atoms with E-state index >= 15 is 0 Å². The van der Waals surface area contributed by atoms with E-state index in [2.05, 4.69) is 0 Å². The Morgan fingerprint density at radius 3 is 2.05 bits per heavy atom. The van der Waals surface area contributed by atoms with Crippen LogP contribution in [0.3, 0.4) is 0 Å². The summed E-state index contributed by atoms with van der Waals surface area (Å²) in [7, 11) is 0. The zero-order valence-electron chi connectivity index (χ0n) is 20.3. The van der Waals surface area contributed by atoms with Crippen LogP contribution >= 0.6 is 11.6 Å². The van der Waals surface area contributed by atoms with Crippen LogP contribution in [0, 0.1) is 17.6 Å². The topological polar surface area (TPSA) is 46.6 Å². The molecule has 1 fully saturated rings. The van der Waals surface area contributed by atoms with E-state index in [0.29, 0.717) is 35.1 Å². The van der Waals surface area contributed by atoms with Crippen LogP contribution in [0.5, 0.6) is 5.75 Å². The van der Waals surface area contributed by atoms with E-state index in [9.17, 15) is 18.4 Å². The van der Waals surface area contributed by atoms with Gasteiger partial charge in [0.05, 0.1) is 12.0 Å². The van der Waals surface area contributed by atoms with Gasteiger partial charge in [-0.2, -0.15) is 0 Å². The third kappa shape index (κ3) is 5.60. The number of hydrogen-bond acceptors (Lipinski definition) is 3. The molecule has 1 amide bonds. The van der Waals surface area contributed by atoms with Crippen molar-refractivity contribution in [1.29, 1.82) is 0 Å². The van der Waals surface area contributed by atoms with E-state index in [4.69, 9.17) is 16.3 Å². The summed E-state index contributed by atoms with van der Waals surface area (Å²) in [6.07, 6.45) is 0.490. The molecule has 4 aromatic carbocycles. The van der Waals surface area contributed by atoms with E-state index in [1.54, 1.807) is 17.0 Å². The summed E-state index contributed by atoms with van der Waals surface area (Å²) in [6.45, 7) is 0.383. The zero-order chi connectivity index (χ0) is 26.6. The first-order valence-corrected chi connectivity index (χ1v) is 12.6. The van der Waals surface area contributed by atoms with Gasteiger partial charge in [0.1, 0.15) is 24.0 Å². The summed E-state index contributed by atoms with van der Waals surface area (Å²) in [5.74, 6) is -0.830. The number of benzene rings is 4. The van der Waals surface area contributed by atoms with Gasteiger partial charge in [-0.25, -0.2) is 8.78 Å². The van der Waals surface area contributed by atoms with Gasteiger partial charge in [-0.05, 0) is 90.3 Å². The predicted octanol–water partition coefficient (Wildman–Crippen LogP) is 7.56. The molecular weight excluding hydrogens is 508 g/mol. The highest BCUT2D eigenvalue weighted by Gasteiger charge is 2.48. The number of carbonyl (C=O) groups is 2. The first kappa shape index (κ1) is 25.6. The number of Topliss-reactive ketones (excluding diaryl/α,β-unsaturated/α-hetero) is 1. The molecular formula is C31H24ClF2NO3. The molecule has 1 heterocycles. The Kier molecular flexibility index (Phi) is 7.52. The zero-order valence-corrected chi connectivity index (χ0v) is 21.1. The number of halogens is 3. The van der Waals surface area contributed by atoms with Crippen molar-refractivity contribution in [3.8, 4) is 5.75 Å². The monoisotopic (exact) mass is 531 g/mol. The van der Waals surface area contributed by atoms with Crippen LogP contribution in [0.4, 0.5) is 14.5 Å². The Labute approximate surface area is 224 Å². The highest BCUT2D eigenvalue weighted by atomic mass is 35.5. The molecule has 4 nitrogen and oxygen atoms in total. The van der Waals surface area contributed by atoms with Gasteiger partial charge in [0.25, 0.3) is 0 Å². The number of nitrogens with zero attached hydrogens (tertiary/aromatic N) is 1. The standard InChI is InChI=1S/C31H24ClF2NO3/c32-23-7-1-20(2-8-23)19-38-27-15-5-22(6-16-27)30-28(17-18-29(36)21-3-9-24(33)10-4-21)31(37)35(30)26-13-11-25(34)12-14-26/h1-16,28,30H,17-19H2/t28-,30-/m1/s1. The Bertz CT molecular complexity index is 1420. The first-order valence-electron chi connectivity index (χ1n) is 12.2. The minimum Gasteiger partial charge on any atom is -0.489 e. The predicted molar refractivity (Wildman–Crippen MR) is 142 cm³/mol. The van der Waals surface area contributed by atoms with Crippen molar-refractivity contribution in [3.05, 3.63) is 130 Å². The lowest BCUT2D eigenvalue weighted by atomic mass is 9.78. The lowest BCUT2D eigenvalue weighted by Crippen LogP contribution is -2.55. The molecule has 0 unspecified atom stereocenters. The SMILES string of the molecule is O=C(CC[C@H]1C(=O)N(c2ccc(F)cc2)[C@@H]1c1ccc(OCc2ccc(Cl)cc2)cc1)c1ccc(F)cc1. The van der Waals surface area contributed by atoms with E-state index in [1.807, 2.05) is 48.5 Å². The van der Waals surface area contributed by atoms with Crippen LogP contribution in [0.25, 0.3) is 0 Å². The van der Waals surface area contributed by atoms with E-state index < -0.39 is 11.7 Å². The summed E-state index contributed by atoms with van der Waals surface area (Å²) < 4.78 is 32.7. The summed E-state index contributed by atoms with van der Waals surface area (Å²) in [4.78, 5) is 27.5. The van der Waals surface area contributed by atoms with E-state index in [0.717, 1.165) is 11.1 Å². The Morgan fingerprint density at radius 2 is 1.42 bits per heavy atom. The minimum atomic E-state index is -0.426. The number of hydrogen-bond donors (Lipinski definition) is 0. The lowest BCUT2D eigenvalue weighted by molar-refractivity contribution is -0.130. The van der Waals surface area contributed by atoms with Gasteiger partial charge in [0.2, 0.25) is 5.91 Å². The highest BCUT2D eigenvalue weighted by Crippen LogP contribution is 2.46. The number of amides is 1. The second-order valence-corrected chi connectivity index (χ2v) is 9.63. The summed E-state index contributed by atoms with van der Waals surface area (Å²) in [5.41, 5.74) is 2.86. The average Bonchev–Trinajstić information content (AvgIpc) is 2.93. The number of rotatable bonds is 9. The van der Waals surface area contributed by atoms with Gasteiger partial charge < -0.3 is 9.64 Å². The molecule has 0 aliphatic carbocycles. The van der Waals surface area contributed by atoms with Crippen LogP contribution in [0.1, 0.15) is 40.4 Å². The fourth-order valence-corrected chi connectivity index (χ4v) is 4.80. The number of ether oxygens (including phenoxy) is 1. The van der Waals surface area contributed by atoms with Crippen molar-refractivity contribution in [2.75, 3.05) is 4.90 Å². The van der Waals surface area contributed by atoms with Gasteiger partial charge >= 0.3 is 0 Å². The number of β-lactam (4-membered cyclic amide) rings is 1. The van der Waals surface area contributed by atoms with Crippen molar-refractivity contribution in [3.63, 3.8) is 0 Å². The molecule has 1 saturated heterocycles. The molecule has 0 aromatic heterocycles. The van der Waals surface area contributed by atoms with Crippen LogP contribution < -0.4 is 9.64 Å². The number of carbonyl (C=O) groups excluding carboxylic acids is 2. The smallest absolute Gasteiger partial charge is 0.233 e. The van der Waals surface area contributed by atoms with Crippen LogP contribution in [-0.2, 0) is 11.4 Å². The second-order valence-electron chi connectivity index (χ2n) is 9.19. The molecule has 192 valence electrons. The lowest BCUT2D eigenvalue weighted by Gasteiger charge is -2.47. The van der Waals surface area contributed by atoms with Gasteiger partial charge in [-0.15, -0.1) is 0 Å². The molecule has 1 aliphatic rings. The van der Waals surface area contributed by atoms with Gasteiger partial charge in [0.15, 0.2) is 5.78 Å². The van der Waals surface area contributed by atoms with Crippen molar-refractivity contribution in [2.45, 2.75) is 25.5 Å². The molecule has 2 atom stereocenters. The third-order valence-electron chi connectivity index (χ3n) is 6.71. The van der Waals surface area contributed by atoms with Crippen molar-refractivity contribution >= 4 is 29.0 Å². The van der Waals surface area contributed by atoms with E-state index in [-0.39, 0.29) is 30.0 Å². The molecule has 0 bridgehead atoms. The van der Waals surface area contributed by atoms with Crippen molar-refractivity contribution in [2.24, 2.45) is 5.92 Å². The van der Waals surface area contributed by atoms with Crippen LogP contribution in [-0.4, -0.2) is 11.7 Å². The largest absolute Gasteiger partial charge is 0.489 e. The van der Waals surface area contributed by atoms with Crippen LogP contribution in [0.15, 0.2) is 97.1 Å². The Balaban J connectivity index is 1.32. The Morgan fingerprint density at radius 1 is 0.816 bits per heavy atom. The molecule has 0 radical (unpaired) electrons. The maximum absolute atomic E-state index is 13.5. The summed E-state index contributed by atoms with van der Waals surface area (Å²) in [5, 5.41) is 0.660. The number of anilines is 1. The molecule has 38 heavy (non-hydrogen) atoms. The highest BCUT2D eigenvalue weighted by molar-refractivity contribution is 6.30. The van der Waals surface area contributed by atoms with E-state index in [1.165, 1.54) is 36.4 Å². The fourth-order valence-electron chi connectivity index (χ4n) is 4.68.